The van der Waals surface area contributed by atoms with Gasteiger partial charge in [0.15, 0.2) is 0 Å². The van der Waals surface area contributed by atoms with Gasteiger partial charge in [-0.2, -0.15) is 10.1 Å². The predicted molar refractivity (Wildman–Crippen MR) is 111 cm³/mol. The third-order valence-electron chi connectivity index (χ3n) is 5.48. The van der Waals surface area contributed by atoms with Crippen molar-refractivity contribution in [2.24, 2.45) is 7.05 Å². The van der Waals surface area contributed by atoms with Crippen LogP contribution in [0.2, 0.25) is 0 Å². The molecule has 2 aromatic rings. The minimum absolute atomic E-state index is 0.0265. The van der Waals surface area contributed by atoms with E-state index < -0.39 is 0 Å². The van der Waals surface area contributed by atoms with E-state index >= 15 is 0 Å². The zero-order chi connectivity index (χ0) is 20.6. The number of nitrogens with zero attached hydrogens (tertiary/aromatic N) is 7. The summed E-state index contributed by atoms with van der Waals surface area (Å²) in [6.07, 6.45) is 5.43. The van der Waals surface area contributed by atoms with Gasteiger partial charge in [-0.3, -0.25) is 4.68 Å². The molecule has 2 saturated heterocycles. The molecule has 0 spiro atoms. The molecule has 2 fully saturated rings. The van der Waals surface area contributed by atoms with Crippen molar-refractivity contribution in [3.05, 3.63) is 24.2 Å². The van der Waals surface area contributed by atoms with E-state index in [0.29, 0.717) is 5.95 Å². The molecule has 4 heterocycles. The fourth-order valence-electron chi connectivity index (χ4n) is 3.80. The summed E-state index contributed by atoms with van der Waals surface area (Å²) in [5.41, 5.74) is 1.60. The number of likely N-dealkylation sites (N-methyl/N-ethyl adjacent to an activating group) is 1. The first-order valence-electron chi connectivity index (χ1n) is 9.91. The molecule has 29 heavy (non-hydrogen) atoms. The number of nitrogens with one attached hydrogen (secondary N) is 2. The van der Waals surface area contributed by atoms with Gasteiger partial charge in [0.2, 0.25) is 5.95 Å². The van der Waals surface area contributed by atoms with Gasteiger partial charge in [0.25, 0.3) is 0 Å². The molecule has 4 rings (SSSR count). The first-order chi connectivity index (χ1) is 13.8. The number of aromatic nitrogens is 4. The van der Waals surface area contributed by atoms with Gasteiger partial charge in [0.1, 0.15) is 5.82 Å². The lowest BCUT2D eigenvalue weighted by Crippen LogP contribution is -2.70. The lowest BCUT2D eigenvalue weighted by atomic mass is 9.92. The second-order valence-corrected chi connectivity index (χ2v) is 8.37. The van der Waals surface area contributed by atoms with E-state index in [1.807, 2.05) is 31.3 Å². The molecule has 0 aliphatic carbocycles. The Morgan fingerprint density at radius 1 is 1.14 bits per heavy atom. The van der Waals surface area contributed by atoms with Gasteiger partial charge < -0.3 is 25.3 Å². The topological polar surface area (TPSA) is 94.4 Å². The fraction of sp³-hybridized carbons (Fsp3) is 0.579. The van der Waals surface area contributed by atoms with Gasteiger partial charge in [-0.25, -0.2) is 9.78 Å². The minimum Gasteiger partial charge on any atom is -0.351 e. The third kappa shape index (κ3) is 4.26. The highest BCUT2D eigenvalue weighted by Gasteiger charge is 2.42. The van der Waals surface area contributed by atoms with Crippen LogP contribution in [0, 0.1) is 6.92 Å². The molecule has 10 heteroatoms. The van der Waals surface area contributed by atoms with Gasteiger partial charge in [0.05, 0.1) is 17.4 Å². The highest BCUT2D eigenvalue weighted by atomic mass is 16.2. The Morgan fingerprint density at radius 3 is 2.52 bits per heavy atom. The standard InChI is InChI=1S/C19H29N9O/c1-14-9-20-17(22-15-10-21-26(4)11-15)23-16(14)28-12-19(2,13-28)24-18(29)27-7-5-25(3)6-8-27/h9-11H,5-8,12-13H2,1-4H3,(H,24,29)(H,20,22,23). The number of hydrogen-bond donors (Lipinski definition) is 2. The Hall–Kier alpha value is -2.88. The van der Waals surface area contributed by atoms with Crippen molar-refractivity contribution in [1.29, 1.82) is 0 Å². The highest BCUT2D eigenvalue weighted by molar-refractivity contribution is 5.76. The van der Waals surface area contributed by atoms with Crippen molar-refractivity contribution in [3.63, 3.8) is 0 Å². The van der Waals surface area contributed by atoms with Gasteiger partial charge in [-0.05, 0) is 20.9 Å². The number of hydrogen-bond acceptors (Lipinski definition) is 7. The first-order valence-corrected chi connectivity index (χ1v) is 9.91. The normalized spacial score (nSPS) is 19.0. The Bertz CT molecular complexity index is 882. The lowest BCUT2D eigenvalue weighted by molar-refractivity contribution is 0.142. The van der Waals surface area contributed by atoms with Crippen LogP contribution in [-0.4, -0.2) is 87.4 Å². The van der Waals surface area contributed by atoms with Crippen molar-refractivity contribution >= 4 is 23.5 Å². The van der Waals surface area contributed by atoms with E-state index in [1.54, 1.807) is 10.9 Å². The van der Waals surface area contributed by atoms with Crippen molar-refractivity contribution in [2.75, 3.05) is 56.5 Å². The van der Waals surface area contributed by atoms with E-state index in [1.165, 1.54) is 0 Å². The molecular weight excluding hydrogens is 370 g/mol. The number of amides is 2. The number of carbonyl (C=O) groups is 1. The summed E-state index contributed by atoms with van der Waals surface area (Å²) in [7, 11) is 3.95. The second-order valence-electron chi connectivity index (χ2n) is 8.37. The van der Waals surface area contributed by atoms with E-state index in [9.17, 15) is 4.79 Å². The molecule has 0 atom stereocenters. The maximum Gasteiger partial charge on any atom is 0.318 e. The molecule has 0 unspecified atom stereocenters. The number of carbonyl (C=O) groups excluding carboxylic acids is 1. The van der Waals surface area contributed by atoms with Crippen molar-refractivity contribution < 1.29 is 4.79 Å². The third-order valence-corrected chi connectivity index (χ3v) is 5.48. The van der Waals surface area contributed by atoms with Gasteiger partial charge in [-0.15, -0.1) is 0 Å². The quantitative estimate of drug-likeness (QED) is 0.785. The molecule has 0 saturated carbocycles. The Morgan fingerprint density at radius 2 is 1.86 bits per heavy atom. The zero-order valence-electron chi connectivity index (χ0n) is 17.5. The average molecular weight is 400 g/mol. The van der Waals surface area contributed by atoms with Crippen LogP contribution in [0.3, 0.4) is 0 Å². The molecule has 0 bridgehead atoms. The minimum atomic E-state index is -0.255. The summed E-state index contributed by atoms with van der Waals surface area (Å²) >= 11 is 0. The summed E-state index contributed by atoms with van der Waals surface area (Å²) in [5, 5.41) is 10.5. The Balaban J connectivity index is 1.37. The molecule has 2 aromatic heterocycles. The summed E-state index contributed by atoms with van der Waals surface area (Å²) in [6, 6.07) is 0.0265. The van der Waals surface area contributed by atoms with E-state index in [4.69, 9.17) is 0 Å². The molecule has 0 radical (unpaired) electrons. The largest absolute Gasteiger partial charge is 0.351 e. The fourth-order valence-corrected chi connectivity index (χ4v) is 3.80. The van der Waals surface area contributed by atoms with Gasteiger partial charge in [-0.1, -0.05) is 0 Å². The van der Waals surface area contributed by atoms with Gasteiger partial charge >= 0.3 is 6.03 Å². The molecule has 2 amide bonds. The van der Waals surface area contributed by atoms with Crippen LogP contribution in [0.15, 0.2) is 18.6 Å². The van der Waals surface area contributed by atoms with Crippen LogP contribution < -0.4 is 15.5 Å². The molecule has 0 aromatic carbocycles. The Kier molecular flexibility index (Phi) is 5.03. The lowest BCUT2D eigenvalue weighted by Gasteiger charge is -2.50. The number of rotatable bonds is 4. The Labute approximate surface area is 170 Å². The monoisotopic (exact) mass is 399 g/mol. The average Bonchev–Trinajstić information content (AvgIpc) is 3.06. The maximum atomic E-state index is 12.6. The van der Waals surface area contributed by atoms with Crippen LogP contribution in [-0.2, 0) is 7.05 Å². The smallest absolute Gasteiger partial charge is 0.318 e. The van der Waals surface area contributed by atoms with E-state index in [2.05, 4.69) is 49.5 Å². The molecular formula is C19H29N9O. The van der Waals surface area contributed by atoms with Crippen LogP contribution >= 0.6 is 0 Å². The van der Waals surface area contributed by atoms with E-state index in [-0.39, 0.29) is 11.6 Å². The number of urea groups is 1. The molecule has 156 valence electrons. The molecule has 2 N–H and O–H groups in total. The van der Waals surface area contributed by atoms with Gasteiger partial charge in [0, 0.05) is 64.3 Å². The van der Waals surface area contributed by atoms with Crippen molar-refractivity contribution in [3.8, 4) is 0 Å². The summed E-state index contributed by atoms with van der Waals surface area (Å²) < 4.78 is 1.72. The summed E-state index contributed by atoms with van der Waals surface area (Å²) in [5.74, 6) is 1.42. The highest BCUT2D eigenvalue weighted by Crippen LogP contribution is 2.29. The molecule has 2 aliphatic rings. The van der Waals surface area contributed by atoms with Crippen molar-refractivity contribution in [2.45, 2.75) is 19.4 Å². The summed E-state index contributed by atoms with van der Waals surface area (Å²) in [6.45, 7) is 8.91. The van der Waals surface area contributed by atoms with Crippen LogP contribution in [0.25, 0.3) is 0 Å². The zero-order valence-corrected chi connectivity index (χ0v) is 17.5. The van der Waals surface area contributed by atoms with Crippen LogP contribution in [0.4, 0.5) is 22.2 Å². The SMILES string of the molecule is Cc1cnc(Nc2cnn(C)c2)nc1N1CC(C)(NC(=O)N2CCN(C)CC2)C1. The predicted octanol–water partition coefficient (Wildman–Crippen LogP) is 0.798. The van der Waals surface area contributed by atoms with E-state index in [0.717, 1.165) is 56.3 Å². The molecule has 2 aliphatic heterocycles. The number of aryl methyl sites for hydroxylation is 2. The van der Waals surface area contributed by atoms with Crippen LogP contribution in [0.5, 0.6) is 0 Å². The summed E-state index contributed by atoms with van der Waals surface area (Å²) in [4.78, 5) is 28.0. The number of piperazine rings is 1. The maximum absolute atomic E-state index is 12.6. The van der Waals surface area contributed by atoms with Crippen molar-refractivity contribution in [1.82, 2.24) is 34.9 Å². The first kappa shape index (κ1) is 19.4. The van der Waals surface area contributed by atoms with Crippen LogP contribution in [0.1, 0.15) is 12.5 Å². The molecule has 10 nitrogen and oxygen atoms in total. The number of anilines is 3. The second kappa shape index (κ2) is 7.51.